The lowest BCUT2D eigenvalue weighted by Gasteiger charge is -2.24. The van der Waals surface area contributed by atoms with E-state index in [4.69, 9.17) is 54.8 Å². The van der Waals surface area contributed by atoms with Crippen molar-refractivity contribution in [1.82, 2.24) is 0 Å². The first-order valence-corrected chi connectivity index (χ1v) is 8.73. The first-order chi connectivity index (χ1) is 10.5. The molecular weight excluding hydrogens is 388 g/mol. The molecule has 0 aromatic heterocycles. The molecule has 0 spiro atoms. The summed E-state index contributed by atoms with van der Waals surface area (Å²) in [6.45, 7) is -1.45. The van der Waals surface area contributed by atoms with Gasteiger partial charge in [0, 0.05) is 0 Å². The van der Waals surface area contributed by atoms with Gasteiger partial charge in [-0.3, -0.25) is 9.11 Å². The van der Waals surface area contributed by atoms with Gasteiger partial charge < -0.3 is 40.9 Å². The fourth-order valence-electron chi connectivity index (χ4n) is 0.671. The maximum Gasteiger partial charge on any atom is 0.503 e. The van der Waals surface area contributed by atoms with Crippen molar-refractivity contribution in [3.63, 3.8) is 0 Å². The molecule has 0 aromatic rings. The van der Waals surface area contributed by atoms with E-state index in [0.29, 0.717) is 0 Å². The smallest absolute Gasteiger partial charge is 0.450 e. The zero-order valence-electron chi connectivity index (χ0n) is 11.6. The van der Waals surface area contributed by atoms with E-state index in [1.165, 1.54) is 0 Å². The summed E-state index contributed by atoms with van der Waals surface area (Å²) >= 11 is 0. The average Bonchev–Trinajstić information content (AvgIpc) is 2.41. The predicted molar refractivity (Wildman–Crippen MR) is 71.9 cm³/mol. The van der Waals surface area contributed by atoms with Crippen LogP contribution in [0.3, 0.4) is 0 Å². The topological polar surface area (TPSA) is 288 Å². The highest BCUT2D eigenvalue weighted by molar-refractivity contribution is 8.62. The first kappa shape index (κ1) is 27.7. The van der Waals surface area contributed by atoms with E-state index in [0.717, 1.165) is 0 Å². The number of hydrogen-bond acceptors (Lipinski definition) is 11. The Morgan fingerprint density at radius 2 is 0.875 bits per heavy atom. The van der Waals surface area contributed by atoms with Crippen LogP contribution >= 0.6 is 0 Å². The molecule has 24 heavy (non-hydrogen) atoms. The van der Waals surface area contributed by atoms with Gasteiger partial charge in [-0.25, -0.2) is 4.79 Å². The fraction of sp³-hybridized carbons (Fsp3) is 0.857. The van der Waals surface area contributed by atoms with Crippen molar-refractivity contribution < 1.29 is 71.6 Å². The molecule has 0 saturated heterocycles. The molecule has 0 amide bonds. The van der Waals surface area contributed by atoms with Gasteiger partial charge in [-0.05, 0) is 0 Å². The number of aliphatic hydroxyl groups is 6. The quantitative estimate of drug-likeness (QED) is 0.146. The van der Waals surface area contributed by atoms with Gasteiger partial charge in [0.2, 0.25) is 0 Å². The molecule has 0 fully saturated rings. The molecule has 0 heterocycles. The average molecular weight is 406 g/mol. The highest BCUT2D eigenvalue weighted by Crippen LogP contribution is 2.04. The van der Waals surface area contributed by atoms with Crippen molar-refractivity contribution in [3.8, 4) is 0 Å². The van der Waals surface area contributed by atoms with Crippen molar-refractivity contribution in [2.45, 2.75) is 24.4 Å². The van der Waals surface area contributed by atoms with E-state index >= 15 is 0 Å². The van der Waals surface area contributed by atoms with Gasteiger partial charge in [0.1, 0.15) is 24.4 Å². The highest BCUT2D eigenvalue weighted by atomic mass is 33.2. The lowest BCUT2D eigenvalue weighted by atomic mass is 10.0. The molecule has 0 aliphatic carbocycles. The lowest BCUT2D eigenvalue weighted by Crippen LogP contribution is -2.46. The Hall–Kier alpha value is -1.15. The maximum absolute atomic E-state index is 9.37. The summed E-state index contributed by atoms with van der Waals surface area (Å²) in [5.41, 5.74) is 0. The van der Waals surface area contributed by atoms with Gasteiger partial charge in [-0.2, -0.15) is 16.8 Å². The van der Waals surface area contributed by atoms with Crippen LogP contribution in [0.1, 0.15) is 0 Å². The van der Waals surface area contributed by atoms with Gasteiger partial charge in [-0.1, -0.05) is 0 Å². The van der Waals surface area contributed by atoms with Crippen LogP contribution in [0.25, 0.3) is 0 Å². The minimum Gasteiger partial charge on any atom is -0.450 e. The van der Waals surface area contributed by atoms with Crippen LogP contribution in [-0.2, 0) is 18.3 Å². The summed E-state index contributed by atoms with van der Waals surface area (Å²) in [6.07, 6.45) is -8.23. The van der Waals surface area contributed by atoms with Crippen LogP contribution in [0.2, 0.25) is 0 Å². The van der Waals surface area contributed by atoms with Crippen LogP contribution in [-0.4, -0.2) is 111 Å². The number of carbonyl (C=O) groups is 1. The van der Waals surface area contributed by atoms with Crippen LogP contribution in [0.4, 0.5) is 4.79 Å². The monoisotopic (exact) mass is 406 g/mol. The van der Waals surface area contributed by atoms with E-state index < -0.39 is 62.1 Å². The number of rotatable bonds is 6. The van der Waals surface area contributed by atoms with Gasteiger partial charge in [0.05, 0.1) is 13.2 Å². The van der Waals surface area contributed by atoms with E-state index in [9.17, 15) is 16.8 Å². The van der Waals surface area contributed by atoms with Crippen molar-refractivity contribution in [2.75, 3.05) is 13.2 Å². The summed E-state index contributed by atoms with van der Waals surface area (Å²) in [5, 5.41) is 66.1. The van der Waals surface area contributed by atoms with E-state index in [-0.39, 0.29) is 0 Å². The molecule has 148 valence electrons. The minimum atomic E-state index is -5.31. The normalized spacial score (nSPS) is 16.3. The molecule has 0 rings (SSSR count). The summed E-state index contributed by atoms with van der Waals surface area (Å²) in [4.78, 5) is 8.56. The molecule has 0 radical (unpaired) electrons. The fourth-order valence-corrected chi connectivity index (χ4v) is 0.671. The Balaban J connectivity index is -0.000000316. The predicted octanol–water partition coefficient (Wildman–Crippen LogP) is -4.69. The van der Waals surface area contributed by atoms with Crippen molar-refractivity contribution in [3.05, 3.63) is 0 Å². The summed E-state index contributed by atoms with van der Waals surface area (Å²) in [5.74, 6) is 0. The van der Waals surface area contributed by atoms with Crippen molar-refractivity contribution >= 4 is 24.5 Å². The largest absolute Gasteiger partial charge is 0.503 e. The van der Waals surface area contributed by atoms with E-state index in [2.05, 4.69) is 0 Å². The summed E-state index contributed by atoms with van der Waals surface area (Å²) in [7, 11) is -10.6. The van der Waals surface area contributed by atoms with Gasteiger partial charge in [0.25, 0.3) is 0 Å². The summed E-state index contributed by atoms with van der Waals surface area (Å²) in [6, 6.07) is 0. The minimum absolute atomic E-state index is 0.726. The Bertz CT molecular complexity index is 490. The molecule has 17 heteroatoms. The number of carboxylic acid groups (broad SMARTS) is 2. The molecule has 0 saturated carbocycles. The van der Waals surface area contributed by atoms with Crippen molar-refractivity contribution in [2.24, 2.45) is 0 Å². The second-order valence-electron chi connectivity index (χ2n) is 3.62. The van der Waals surface area contributed by atoms with E-state index in [1.54, 1.807) is 0 Å². The molecule has 10 N–H and O–H groups in total. The van der Waals surface area contributed by atoms with Gasteiger partial charge in [-0.15, -0.1) is 0 Å². The van der Waals surface area contributed by atoms with Crippen molar-refractivity contribution in [1.29, 1.82) is 0 Å². The third-order valence-electron chi connectivity index (χ3n) is 1.78. The molecule has 0 bridgehead atoms. The third kappa shape index (κ3) is 14.4. The first-order valence-electron chi connectivity index (χ1n) is 5.33. The Morgan fingerprint density at radius 1 is 0.708 bits per heavy atom. The second kappa shape index (κ2) is 12.2. The molecule has 4 unspecified atom stereocenters. The van der Waals surface area contributed by atoms with Crippen LogP contribution in [0, 0.1) is 0 Å². The Kier molecular flexibility index (Phi) is 14.1. The molecule has 0 aromatic carbocycles. The highest BCUT2D eigenvalue weighted by Gasteiger charge is 2.29. The molecule has 0 aliphatic heterocycles. The third-order valence-corrected chi connectivity index (χ3v) is 3.91. The second-order valence-corrected chi connectivity index (χ2v) is 7.86. The number of hydrogen-bond donors (Lipinski definition) is 10. The zero-order valence-corrected chi connectivity index (χ0v) is 13.2. The van der Waals surface area contributed by atoms with Crippen LogP contribution in [0.15, 0.2) is 0 Å². The Morgan fingerprint density at radius 3 is 0.958 bits per heavy atom. The SMILES string of the molecule is O=C(O)O.O=S(=O)(O)S(=O)(=O)O.OCC(O)C(O)C(O)C(O)CO. The zero-order chi connectivity index (χ0) is 20.3. The molecule has 4 atom stereocenters. The molecule has 0 aliphatic rings. The van der Waals surface area contributed by atoms with Gasteiger partial charge >= 0.3 is 24.5 Å². The molecular formula is C7H18O15S2. The lowest BCUT2D eigenvalue weighted by molar-refractivity contribution is -0.123. The van der Waals surface area contributed by atoms with E-state index in [1.807, 2.05) is 0 Å². The standard InChI is InChI=1S/C6H14O6.CH2O3.H2O6S2/c7-1-3(9)5(11)6(12)4(10)2-8;2-1(3)4;1-7(2,3)8(4,5)6/h3-12H,1-2H2;(H2,2,3,4);(H,1,2,3)(H,4,5,6). The Labute approximate surface area is 134 Å². The number of aliphatic hydroxyl groups excluding tert-OH is 6. The van der Waals surface area contributed by atoms with Crippen LogP contribution in [0.5, 0.6) is 0 Å². The van der Waals surface area contributed by atoms with Gasteiger partial charge in [0.15, 0.2) is 0 Å². The maximum atomic E-state index is 9.37. The summed E-state index contributed by atoms with van der Waals surface area (Å²) < 4.78 is 52.5. The molecule has 15 nitrogen and oxygen atoms in total. The van der Waals surface area contributed by atoms with Crippen LogP contribution < -0.4 is 0 Å².